The number of anilines is 1. The molecule has 36 heavy (non-hydrogen) atoms. The van der Waals surface area contributed by atoms with E-state index in [0.717, 1.165) is 34.0 Å². The summed E-state index contributed by atoms with van der Waals surface area (Å²) >= 11 is 0. The first-order valence-corrected chi connectivity index (χ1v) is 10.9. The van der Waals surface area contributed by atoms with E-state index in [1.54, 1.807) is 12.3 Å². The normalized spacial score (nSPS) is 11.1. The molecule has 0 spiro atoms. The van der Waals surface area contributed by atoms with Gasteiger partial charge in [-0.2, -0.15) is 18.3 Å². The van der Waals surface area contributed by atoms with Crippen molar-refractivity contribution in [1.82, 2.24) is 20.2 Å². The fourth-order valence-electron chi connectivity index (χ4n) is 3.41. The number of carbonyl (C=O) groups is 1. The van der Waals surface area contributed by atoms with E-state index in [0.29, 0.717) is 29.0 Å². The van der Waals surface area contributed by atoms with Gasteiger partial charge in [-0.15, -0.1) is 5.10 Å². The molecule has 4 aromatic rings. The third-order valence-electron chi connectivity index (χ3n) is 5.22. The first-order valence-electron chi connectivity index (χ1n) is 10.9. The minimum absolute atomic E-state index is 0.0744. The van der Waals surface area contributed by atoms with Gasteiger partial charge < -0.3 is 4.74 Å². The third kappa shape index (κ3) is 5.96. The van der Waals surface area contributed by atoms with Gasteiger partial charge in [-0.25, -0.2) is 0 Å². The molecule has 10 heteroatoms. The minimum Gasteiger partial charge on any atom is -0.453 e. The zero-order valence-corrected chi connectivity index (χ0v) is 19.5. The standard InChI is InChI=1S/C26H22F3N5O2/c1-17-6-9-20(10-7-17)22-14-31-32-25(24(22)36-21-5-3-4-18(2)12-21)33-34(16-35)15-19-8-11-23(30-13-19)26(27,28)29/h3-14,16H,15H2,1-2H3,(H,32,33). The Morgan fingerprint density at radius 3 is 2.42 bits per heavy atom. The van der Waals surface area contributed by atoms with Gasteiger partial charge in [-0.05, 0) is 48.7 Å². The van der Waals surface area contributed by atoms with Crippen LogP contribution in [0.15, 0.2) is 73.1 Å². The van der Waals surface area contributed by atoms with Gasteiger partial charge >= 0.3 is 6.18 Å². The Bertz CT molecular complexity index is 1340. The molecular formula is C26H22F3N5O2. The number of carbonyl (C=O) groups excluding carboxylic acids is 1. The number of hydrazine groups is 1. The van der Waals surface area contributed by atoms with Crippen LogP contribution in [-0.2, 0) is 17.5 Å². The Kier molecular flexibility index (Phi) is 7.14. The predicted octanol–water partition coefficient (Wildman–Crippen LogP) is 5.95. The summed E-state index contributed by atoms with van der Waals surface area (Å²) in [4.78, 5) is 15.3. The summed E-state index contributed by atoms with van der Waals surface area (Å²) in [6, 6.07) is 17.3. The molecule has 0 aliphatic carbocycles. The number of rotatable bonds is 8. The van der Waals surface area contributed by atoms with E-state index in [2.05, 4.69) is 20.6 Å². The number of nitrogens with zero attached hydrogens (tertiary/aromatic N) is 4. The monoisotopic (exact) mass is 493 g/mol. The van der Waals surface area contributed by atoms with E-state index < -0.39 is 11.9 Å². The molecule has 0 aliphatic rings. The summed E-state index contributed by atoms with van der Waals surface area (Å²) in [6.45, 7) is 3.84. The highest BCUT2D eigenvalue weighted by Gasteiger charge is 2.32. The Hall–Kier alpha value is -4.47. The highest BCUT2D eigenvalue weighted by molar-refractivity contribution is 5.76. The van der Waals surface area contributed by atoms with Crippen molar-refractivity contribution in [1.29, 1.82) is 0 Å². The molecule has 184 valence electrons. The fourth-order valence-corrected chi connectivity index (χ4v) is 3.41. The molecular weight excluding hydrogens is 471 g/mol. The molecule has 2 aromatic carbocycles. The van der Waals surface area contributed by atoms with Crippen LogP contribution in [0, 0.1) is 13.8 Å². The van der Waals surface area contributed by atoms with Crippen molar-refractivity contribution in [2.45, 2.75) is 26.6 Å². The summed E-state index contributed by atoms with van der Waals surface area (Å²) in [6.07, 6.45) is -1.42. The summed E-state index contributed by atoms with van der Waals surface area (Å²) in [5.74, 6) is 1.04. The quantitative estimate of drug-likeness (QED) is 0.241. The zero-order chi connectivity index (χ0) is 25.7. The van der Waals surface area contributed by atoms with Crippen LogP contribution < -0.4 is 10.2 Å². The number of aryl methyl sites for hydroxylation is 2. The highest BCUT2D eigenvalue weighted by atomic mass is 19.4. The molecule has 7 nitrogen and oxygen atoms in total. The van der Waals surface area contributed by atoms with Gasteiger partial charge in [0.25, 0.3) is 0 Å². The van der Waals surface area contributed by atoms with Crippen molar-refractivity contribution in [2.24, 2.45) is 0 Å². The van der Waals surface area contributed by atoms with Crippen molar-refractivity contribution < 1.29 is 22.7 Å². The number of pyridine rings is 1. The average Bonchev–Trinajstić information content (AvgIpc) is 2.85. The maximum Gasteiger partial charge on any atom is 0.433 e. The molecule has 1 N–H and O–H groups in total. The van der Waals surface area contributed by atoms with Crippen molar-refractivity contribution in [3.05, 3.63) is 95.4 Å². The molecule has 1 amide bonds. The van der Waals surface area contributed by atoms with E-state index in [9.17, 15) is 18.0 Å². The summed E-state index contributed by atoms with van der Waals surface area (Å²) < 4.78 is 44.7. The van der Waals surface area contributed by atoms with Crippen LogP contribution in [-0.4, -0.2) is 26.6 Å². The lowest BCUT2D eigenvalue weighted by atomic mass is 10.1. The average molecular weight is 493 g/mol. The molecule has 0 saturated carbocycles. The highest BCUT2D eigenvalue weighted by Crippen LogP contribution is 2.38. The summed E-state index contributed by atoms with van der Waals surface area (Å²) in [7, 11) is 0. The fraction of sp³-hybridized carbons (Fsp3) is 0.154. The largest absolute Gasteiger partial charge is 0.453 e. The van der Waals surface area contributed by atoms with Crippen LogP contribution in [0.1, 0.15) is 22.4 Å². The molecule has 2 aromatic heterocycles. The van der Waals surface area contributed by atoms with Gasteiger partial charge in [0, 0.05) is 11.8 Å². The predicted molar refractivity (Wildman–Crippen MR) is 128 cm³/mol. The SMILES string of the molecule is Cc1ccc(-c2cnnc(NN(C=O)Cc3ccc(C(F)(F)F)nc3)c2Oc2cccc(C)c2)cc1. The van der Waals surface area contributed by atoms with Crippen LogP contribution >= 0.6 is 0 Å². The van der Waals surface area contributed by atoms with E-state index >= 15 is 0 Å². The second kappa shape index (κ2) is 10.4. The van der Waals surface area contributed by atoms with E-state index in [1.807, 2.05) is 56.3 Å². The number of alkyl halides is 3. The van der Waals surface area contributed by atoms with E-state index in [1.165, 1.54) is 6.07 Å². The first-order chi connectivity index (χ1) is 17.2. The molecule has 2 heterocycles. The Balaban J connectivity index is 1.66. The molecule has 0 bridgehead atoms. The van der Waals surface area contributed by atoms with Crippen LogP contribution in [0.2, 0.25) is 0 Å². The van der Waals surface area contributed by atoms with Crippen LogP contribution in [0.5, 0.6) is 11.5 Å². The second-order valence-electron chi connectivity index (χ2n) is 8.12. The maximum atomic E-state index is 12.8. The molecule has 0 aliphatic heterocycles. The van der Waals surface area contributed by atoms with Crippen molar-refractivity contribution >= 4 is 12.2 Å². The molecule has 0 saturated heterocycles. The van der Waals surface area contributed by atoms with Gasteiger partial charge in [0.15, 0.2) is 5.75 Å². The van der Waals surface area contributed by atoms with Crippen molar-refractivity contribution in [3.63, 3.8) is 0 Å². The maximum absolute atomic E-state index is 12.8. The molecule has 0 atom stereocenters. The number of nitrogens with one attached hydrogen (secondary N) is 1. The molecule has 4 rings (SSSR count). The van der Waals surface area contributed by atoms with E-state index in [-0.39, 0.29) is 12.4 Å². The number of aromatic nitrogens is 3. The van der Waals surface area contributed by atoms with E-state index in [4.69, 9.17) is 4.74 Å². The number of hydrogen-bond donors (Lipinski definition) is 1. The molecule has 0 fully saturated rings. The number of benzene rings is 2. The number of halogens is 3. The number of ether oxygens (including phenoxy) is 1. The van der Waals surface area contributed by atoms with Crippen molar-refractivity contribution in [3.8, 4) is 22.6 Å². The van der Waals surface area contributed by atoms with Gasteiger partial charge in [0.05, 0.1) is 12.7 Å². The van der Waals surface area contributed by atoms with Gasteiger partial charge in [-0.3, -0.25) is 20.2 Å². The summed E-state index contributed by atoms with van der Waals surface area (Å²) in [5.41, 5.74) is 5.76. The first kappa shape index (κ1) is 24.6. The minimum atomic E-state index is -4.55. The lowest BCUT2D eigenvalue weighted by Crippen LogP contribution is -2.29. The second-order valence-corrected chi connectivity index (χ2v) is 8.12. The van der Waals surface area contributed by atoms with Gasteiger partial charge in [0.1, 0.15) is 11.4 Å². The Morgan fingerprint density at radius 1 is 1.00 bits per heavy atom. The topological polar surface area (TPSA) is 80.2 Å². The lowest BCUT2D eigenvalue weighted by molar-refractivity contribution is -0.141. The van der Waals surface area contributed by atoms with Gasteiger partial charge in [0.2, 0.25) is 12.2 Å². The Labute approximate surface area is 205 Å². The van der Waals surface area contributed by atoms with Crippen LogP contribution in [0.25, 0.3) is 11.1 Å². The zero-order valence-electron chi connectivity index (χ0n) is 19.5. The van der Waals surface area contributed by atoms with Crippen LogP contribution in [0.3, 0.4) is 0 Å². The lowest BCUT2D eigenvalue weighted by Gasteiger charge is -2.22. The number of amides is 1. The molecule has 0 unspecified atom stereocenters. The van der Waals surface area contributed by atoms with Crippen molar-refractivity contribution in [2.75, 3.05) is 5.43 Å². The smallest absolute Gasteiger partial charge is 0.433 e. The number of hydrogen-bond acceptors (Lipinski definition) is 6. The van der Waals surface area contributed by atoms with Crippen LogP contribution in [0.4, 0.5) is 19.0 Å². The third-order valence-corrected chi connectivity index (χ3v) is 5.22. The summed E-state index contributed by atoms with van der Waals surface area (Å²) in [5, 5.41) is 9.31. The Morgan fingerprint density at radius 2 is 1.78 bits per heavy atom. The molecule has 0 radical (unpaired) electrons. The van der Waals surface area contributed by atoms with Gasteiger partial charge in [-0.1, -0.05) is 48.0 Å².